The molecule has 0 unspecified atom stereocenters. The Kier molecular flexibility index (Phi) is 5.34. The van der Waals surface area contributed by atoms with Crippen LogP contribution in [-0.4, -0.2) is 15.6 Å². The van der Waals surface area contributed by atoms with Crippen LogP contribution in [0.25, 0.3) is 0 Å². The molecule has 0 radical (unpaired) electrons. The van der Waals surface area contributed by atoms with E-state index in [1.165, 1.54) is 5.56 Å². The van der Waals surface area contributed by atoms with E-state index in [-0.39, 0.29) is 5.78 Å². The molecule has 2 rings (SSSR count). The molecule has 0 bridgehead atoms. The molecular weight excluding hydrogens is 328 g/mol. The van der Waals surface area contributed by atoms with Crippen molar-refractivity contribution in [2.75, 3.05) is 0 Å². The first kappa shape index (κ1) is 16.0. The van der Waals surface area contributed by atoms with Crippen LogP contribution in [0.4, 0.5) is 0 Å². The highest BCUT2D eigenvalue weighted by molar-refractivity contribution is 9.10. The lowest BCUT2D eigenvalue weighted by atomic mass is 10.0. The van der Waals surface area contributed by atoms with E-state index >= 15 is 0 Å². The molecule has 2 aromatic rings. The first-order valence-electron chi connectivity index (χ1n) is 7.36. The summed E-state index contributed by atoms with van der Waals surface area (Å²) in [6.07, 6.45) is 1.77. The summed E-state index contributed by atoms with van der Waals surface area (Å²) < 4.78 is 2.92. The molecule has 0 aliphatic carbocycles. The minimum Gasteiger partial charge on any atom is -0.299 e. The van der Waals surface area contributed by atoms with Crippen molar-refractivity contribution in [1.29, 1.82) is 0 Å². The summed E-state index contributed by atoms with van der Waals surface area (Å²) in [5, 5.41) is 4.54. The number of halogens is 1. The zero-order valence-electron chi connectivity index (χ0n) is 12.8. The smallest absolute Gasteiger partial charge is 0.143 e. The van der Waals surface area contributed by atoms with Crippen LogP contribution in [0.2, 0.25) is 0 Å². The van der Waals surface area contributed by atoms with Gasteiger partial charge < -0.3 is 0 Å². The van der Waals surface area contributed by atoms with Crippen LogP contribution in [0, 0.1) is 6.92 Å². The molecule has 1 heterocycles. The number of rotatable bonds is 6. The molecule has 0 saturated heterocycles. The van der Waals surface area contributed by atoms with E-state index in [1.807, 2.05) is 36.7 Å². The molecule has 0 aliphatic rings. The third-order valence-corrected chi connectivity index (χ3v) is 4.46. The van der Waals surface area contributed by atoms with Crippen LogP contribution in [0.3, 0.4) is 0 Å². The second-order valence-electron chi connectivity index (χ2n) is 5.26. The number of carbonyl (C=O) groups excluding carboxylic acids is 1. The van der Waals surface area contributed by atoms with Gasteiger partial charge in [-0.15, -0.1) is 0 Å². The van der Waals surface area contributed by atoms with E-state index in [0.29, 0.717) is 12.8 Å². The van der Waals surface area contributed by atoms with Crippen molar-refractivity contribution in [2.24, 2.45) is 0 Å². The minimum absolute atomic E-state index is 0.221. The predicted molar refractivity (Wildman–Crippen MR) is 88.6 cm³/mol. The van der Waals surface area contributed by atoms with Crippen LogP contribution in [0.5, 0.6) is 0 Å². The van der Waals surface area contributed by atoms with Gasteiger partial charge in [-0.3, -0.25) is 9.48 Å². The average Bonchev–Trinajstić information content (AvgIpc) is 2.75. The Balaban J connectivity index is 2.14. The fraction of sp³-hybridized carbons (Fsp3) is 0.412. The van der Waals surface area contributed by atoms with Gasteiger partial charge >= 0.3 is 0 Å². The predicted octanol–water partition coefficient (Wildman–Crippen LogP) is 3.89. The fourth-order valence-corrected chi connectivity index (χ4v) is 3.19. The number of ketones is 1. The highest BCUT2D eigenvalue weighted by Gasteiger charge is 2.17. The minimum atomic E-state index is 0.221. The first-order chi connectivity index (χ1) is 10.0. The summed E-state index contributed by atoms with van der Waals surface area (Å²) in [5.41, 5.74) is 4.28. The Morgan fingerprint density at radius 1 is 1.29 bits per heavy atom. The summed E-state index contributed by atoms with van der Waals surface area (Å²) in [5.74, 6) is 0.221. The largest absolute Gasteiger partial charge is 0.299 e. The van der Waals surface area contributed by atoms with Gasteiger partial charge in [-0.25, -0.2) is 0 Å². The van der Waals surface area contributed by atoms with E-state index < -0.39 is 0 Å². The van der Waals surface area contributed by atoms with Crippen LogP contribution in [0.1, 0.15) is 36.4 Å². The van der Waals surface area contributed by atoms with Gasteiger partial charge in [-0.1, -0.05) is 36.8 Å². The number of nitrogens with zero attached hydrogens (tertiary/aromatic N) is 2. The van der Waals surface area contributed by atoms with Gasteiger partial charge in [0.2, 0.25) is 0 Å². The molecule has 1 aromatic heterocycles. The van der Waals surface area contributed by atoms with Gasteiger partial charge in [-0.05, 0) is 41.8 Å². The molecule has 0 spiro atoms. The number of Topliss-reactive ketones (excluding diaryl/α,β-unsaturated/α-hetero) is 1. The third kappa shape index (κ3) is 3.82. The van der Waals surface area contributed by atoms with E-state index in [1.54, 1.807) is 0 Å². The molecule has 3 nitrogen and oxygen atoms in total. The lowest BCUT2D eigenvalue weighted by molar-refractivity contribution is -0.117. The first-order valence-corrected chi connectivity index (χ1v) is 8.15. The van der Waals surface area contributed by atoms with Crippen molar-refractivity contribution in [3.63, 3.8) is 0 Å². The maximum Gasteiger partial charge on any atom is 0.143 e. The summed E-state index contributed by atoms with van der Waals surface area (Å²) in [6.45, 7) is 6.95. The molecule has 0 amide bonds. The van der Waals surface area contributed by atoms with Gasteiger partial charge in [-0.2, -0.15) is 5.10 Å². The number of hydrogen-bond donors (Lipinski definition) is 0. The van der Waals surface area contributed by atoms with E-state index in [4.69, 9.17) is 0 Å². The molecule has 0 aliphatic heterocycles. The van der Waals surface area contributed by atoms with Gasteiger partial charge in [0.15, 0.2) is 0 Å². The Morgan fingerprint density at radius 3 is 2.67 bits per heavy atom. The zero-order valence-corrected chi connectivity index (χ0v) is 14.4. The molecule has 0 saturated carbocycles. The van der Waals surface area contributed by atoms with Crippen LogP contribution >= 0.6 is 15.9 Å². The van der Waals surface area contributed by atoms with Crippen molar-refractivity contribution in [2.45, 2.75) is 46.6 Å². The molecule has 1 aromatic carbocycles. The molecule has 0 fully saturated rings. The Bertz CT molecular complexity index is 646. The Hall–Kier alpha value is -1.42. The molecule has 4 heteroatoms. The van der Waals surface area contributed by atoms with Crippen molar-refractivity contribution in [1.82, 2.24) is 9.78 Å². The fourth-order valence-electron chi connectivity index (χ4n) is 2.49. The SMILES string of the molecule is CCc1nn(CC)c(CC(=O)Cc2cccc(C)c2)c1Br. The van der Waals surface area contributed by atoms with Gasteiger partial charge in [0.1, 0.15) is 5.78 Å². The lowest BCUT2D eigenvalue weighted by Crippen LogP contribution is -2.12. The zero-order chi connectivity index (χ0) is 15.4. The quantitative estimate of drug-likeness (QED) is 0.793. The van der Waals surface area contributed by atoms with Crippen molar-refractivity contribution < 1.29 is 4.79 Å². The Labute approximate surface area is 134 Å². The van der Waals surface area contributed by atoms with Crippen molar-refractivity contribution >= 4 is 21.7 Å². The van der Waals surface area contributed by atoms with E-state index in [0.717, 1.165) is 34.4 Å². The number of benzene rings is 1. The molecular formula is C17H21BrN2O. The Morgan fingerprint density at radius 2 is 2.05 bits per heavy atom. The van der Waals surface area contributed by atoms with Crippen LogP contribution in [0.15, 0.2) is 28.7 Å². The van der Waals surface area contributed by atoms with E-state index in [2.05, 4.69) is 34.0 Å². The number of aryl methyl sites for hydroxylation is 3. The highest BCUT2D eigenvalue weighted by Crippen LogP contribution is 2.23. The third-order valence-electron chi connectivity index (χ3n) is 3.54. The topological polar surface area (TPSA) is 34.9 Å². The van der Waals surface area contributed by atoms with Crippen LogP contribution < -0.4 is 0 Å². The van der Waals surface area contributed by atoms with E-state index in [9.17, 15) is 4.79 Å². The summed E-state index contributed by atoms with van der Waals surface area (Å²) in [4.78, 5) is 12.3. The second-order valence-corrected chi connectivity index (χ2v) is 6.05. The summed E-state index contributed by atoms with van der Waals surface area (Å²) >= 11 is 3.59. The molecule has 0 N–H and O–H groups in total. The molecule has 21 heavy (non-hydrogen) atoms. The number of aromatic nitrogens is 2. The van der Waals surface area contributed by atoms with Crippen LogP contribution in [-0.2, 0) is 30.6 Å². The summed E-state index contributed by atoms with van der Waals surface area (Å²) in [7, 11) is 0. The monoisotopic (exact) mass is 348 g/mol. The normalized spacial score (nSPS) is 10.9. The maximum atomic E-state index is 12.3. The standard InChI is InChI=1S/C17H21BrN2O/c1-4-15-17(18)16(20(5-2)19-15)11-14(21)10-13-8-6-7-12(3)9-13/h6-9H,4-5,10-11H2,1-3H3. The molecule has 112 valence electrons. The van der Waals surface area contributed by atoms with Gasteiger partial charge in [0.25, 0.3) is 0 Å². The maximum absolute atomic E-state index is 12.3. The van der Waals surface area contributed by atoms with Gasteiger partial charge in [0.05, 0.1) is 15.9 Å². The van der Waals surface area contributed by atoms with Crippen molar-refractivity contribution in [3.05, 3.63) is 51.3 Å². The lowest BCUT2D eigenvalue weighted by Gasteiger charge is -2.06. The summed E-state index contributed by atoms with van der Waals surface area (Å²) in [6, 6.07) is 8.12. The van der Waals surface area contributed by atoms with Gasteiger partial charge in [0, 0.05) is 19.4 Å². The second kappa shape index (κ2) is 7.03. The number of hydrogen-bond acceptors (Lipinski definition) is 2. The molecule has 0 atom stereocenters. The number of carbonyl (C=O) groups is 1. The van der Waals surface area contributed by atoms with Crippen molar-refractivity contribution in [3.8, 4) is 0 Å². The highest BCUT2D eigenvalue weighted by atomic mass is 79.9. The average molecular weight is 349 g/mol.